The number of aryl methyl sites for hydroxylation is 1. The molecular weight excluding hydrogens is 204 g/mol. The molecule has 3 heteroatoms. The van der Waals surface area contributed by atoms with E-state index in [0.717, 1.165) is 18.4 Å². The number of hydrogen-bond donors (Lipinski definition) is 0. The minimum absolute atomic E-state index is 0.274. The van der Waals surface area contributed by atoms with Gasteiger partial charge < -0.3 is 9.47 Å². The Kier molecular flexibility index (Phi) is 1.76. The number of ether oxygens (including phenoxy) is 2. The van der Waals surface area contributed by atoms with Gasteiger partial charge >= 0.3 is 5.97 Å². The Morgan fingerprint density at radius 2 is 2.19 bits per heavy atom. The summed E-state index contributed by atoms with van der Waals surface area (Å²) >= 11 is 0. The van der Waals surface area contributed by atoms with Gasteiger partial charge in [-0.2, -0.15) is 0 Å². The summed E-state index contributed by atoms with van der Waals surface area (Å²) in [6.45, 7) is 1.82. The Labute approximate surface area is 94.4 Å². The van der Waals surface area contributed by atoms with Crippen molar-refractivity contribution in [3.05, 3.63) is 35.4 Å². The topological polar surface area (TPSA) is 38.8 Å². The molecule has 0 N–H and O–H groups in total. The highest BCUT2D eigenvalue weighted by atomic mass is 16.7. The molecule has 1 aromatic rings. The molecule has 0 aromatic heterocycles. The van der Waals surface area contributed by atoms with Crippen molar-refractivity contribution in [3.63, 3.8) is 0 Å². The van der Waals surface area contributed by atoms with Crippen molar-refractivity contribution in [2.45, 2.75) is 31.0 Å². The zero-order valence-corrected chi connectivity index (χ0v) is 9.45. The number of epoxide rings is 1. The van der Waals surface area contributed by atoms with Gasteiger partial charge in [0.2, 0.25) is 0 Å². The number of carbonyl (C=O) groups excluding carboxylic acids is 1. The Morgan fingerprint density at radius 3 is 2.94 bits per heavy atom. The fourth-order valence-electron chi connectivity index (χ4n) is 2.90. The maximum Gasteiger partial charge on any atom is 0.341 e. The van der Waals surface area contributed by atoms with E-state index in [1.807, 2.05) is 19.1 Å². The van der Waals surface area contributed by atoms with E-state index in [1.165, 1.54) is 12.7 Å². The van der Waals surface area contributed by atoms with Crippen LogP contribution in [0.5, 0.6) is 0 Å². The van der Waals surface area contributed by atoms with E-state index < -0.39 is 11.2 Å². The van der Waals surface area contributed by atoms with Crippen molar-refractivity contribution in [1.82, 2.24) is 0 Å². The molecule has 1 aliphatic heterocycles. The minimum Gasteiger partial charge on any atom is -0.467 e. The van der Waals surface area contributed by atoms with Gasteiger partial charge in [0, 0.05) is 0 Å². The van der Waals surface area contributed by atoms with Gasteiger partial charge in [-0.25, -0.2) is 4.79 Å². The maximum absolute atomic E-state index is 11.7. The van der Waals surface area contributed by atoms with Crippen LogP contribution < -0.4 is 0 Å². The number of rotatable bonds is 1. The molecule has 0 saturated carbocycles. The molecule has 2 aliphatic rings. The van der Waals surface area contributed by atoms with Crippen LogP contribution in [0.1, 0.15) is 24.5 Å². The predicted octanol–water partition coefficient (Wildman–Crippen LogP) is 1.79. The second kappa shape index (κ2) is 2.86. The highest BCUT2D eigenvalue weighted by molar-refractivity contribution is 5.85. The monoisotopic (exact) mass is 218 g/mol. The van der Waals surface area contributed by atoms with Crippen LogP contribution >= 0.6 is 0 Å². The normalized spacial score (nSPS) is 34.9. The first-order valence-electron chi connectivity index (χ1n) is 5.51. The molecule has 0 radical (unpaired) electrons. The molecule has 3 rings (SSSR count). The standard InChI is InChI=1S/C13H14O3/c1-12(11(14)15-2)13(16-12)8-7-9-5-3-4-6-10(9)13/h3-6H,7-8H2,1-2H3. The fraction of sp³-hybridized carbons (Fsp3) is 0.462. The summed E-state index contributed by atoms with van der Waals surface area (Å²) in [4.78, 5) is 11.7. The Bertz CT molecular complexity index is 468. The number of fused-ring (bicyclic) bond motifs is 2. The lowest BCUT2D eigenvalue weighted by molar-refractivity contribution is -0.146. The molecule has 1 heterocycles. The van der Waals surface area contributed by atoms with Gasteiger partial charge in [-0.3, -0.25) is 0 Å². The minimum atomic E-state index is -0.783. The predicted molar refractivity (Wildman–Crippen MR) is 57.9 cm³/mol. The van der Waals surface area contributed by atoms with E-state index in [-0.39, 0.29) is 5.97 Å². The van der Waals surface area contributed by atoms with E-state index in [2.05, 4.69) is 12.1 Å². The van der Waals surface area contributed by atoms with Crippen molar-refractivity contribution in [2.75, 3.05) is 7.11 Å². The largest absolute Gasteiger partial charge is 0.467 e. The average molecular weight is 218 g/mol. The summed E-state index contributed by atoms with van der Waals surface area (Å²) in [6.07, 6.45) is 1.85. The van der Waals surface area contributed by atoms with Gasteiger partial charge in [-0.05, 0) is 30.9 Å². The van der Waals surface area contributed by atoms with Crippen LogP contribution in [0.15, 0.2) is 24.3 Å². The second-order valence-corrected chi connectivity index (χ2v) is 4.61. The summed E-state index contributed by atoms with van der Waals surface area (Å²) < 4.78 is 10.6. The van der Waals surface area contributed by atoms with Crippen molar-refractivity contribution < 1.29 is 14.3 Å². The van der Waals surface area contributed by atoms with Crippen molar-refractivity contribution in [1.29, 1.82) is 0 Å². The number of methoxy groups -OCH3 is 1. The second-order valence-electron chi connectivity index (χ2n) is 4.61. The Hall–Kier alpha value is -1.35. The van der Waals surface area contributed by atoms with Crippen LogP contribution in [-0.4, -0.2) is 18.7 Å². The number of esters is 1. The number of carbonyl (C=O) groups is 1. The molecule has 1 aliphatic carbocycles. The number of hydrogen-bond acceptors (Lipinski definition) is 3. The van der Waals surface area contributed by atoms with E-state index >= 15 is 0 Å². The summed E-state index contributed by atoms with van der Waals surface area (Å²) in [5, 5.41) is 0. The van der Waals surface area contributed by atoms with Crippen LogP contribution in [0, 0.1) is 0 Å². The van der Waals surface area contributed by atoms with Crippen LogP contribution in [0.2, 0.25) is 0 Å². The maximum atomic E-state index is 11.7. The summed E-state index contributed by atoms with van der Waals surface area (Å²) in [7, 11) is 1.41. The molecule has 1 fully saturated rings. The number of benzene rings is 1. The first-order valence-corrected chi connectivity index (χ1v) is 5.51. The lowest BCUT2D eigenvalue weighted by Crippen LogP contribution is -2.29. The SMILES string of the molecule is COC(=O)C1(C)OC12CCc1ccccc12. The highest BCUT2D eigenvalue weighted by Crippen LogP contribution is 2.62. The Balaban J connectivity index is 2.04. The van der Waals surface area contributed by atoms with E-state index in [0.29, 0.717) is 0 Å². The summed E-state index contributed by atoms with van der Waals surface area (Å²) in [5.74, 6) is -0.274. The lowest BCUT2D eigenvalue weighted by Gasteiger charge is -2.10. The van der Waals surface area contributed by atoms with Gasteiger partial charge in [0.1, 0.15) is 5.60 Å². The van der Waals surface area contributed by atoms with E-state index in [4.69, 9.17) is 9.47 Å². The van der Waals surface area contributed by atoms with Crippen LogP contribution in [-0.2, 0) is 26.3 Å². The van der Waals surface area contributed by atoms with Gasteiger partial charge in [0.25, 0.3) is 0 Å². The summed E-state index contributed by atoms with van der Waals surface area (Å²) in [5.41, 5.74) is 1.24. The molecule has 1 saturated heterocycles. The van der Waals surface area contributed by atoms with Crippen LogP contribution in [0.25, 0.3) is 0 Å². The zero-order valence-electron chi connectivity index (χ0n) is 9.45. The van der Waals surface area contributed by atoms with E-state index in [9.17, 15) is 4.79 Å². The van der Waals surface area contributed by atoms with Crippen LogP contribution in [0.4, 0.5) is 0 Å². The summed E-state index contributed by atoms with van der Waals surface area (Å²) in [6, 6.07) is 8.17. The molecule has 16 heavy (non-hydrogen) atoms. The zero-order chi connectivity index (χ0) is 11.4. The lowest BCUT2D eigenvalue weighted by atomic mass is 9.89. The molecule has 2 atom stereocenters. The molecule has 3 nitrogen and oxygen atoms in total. The van der Waals surface area contributed by atoms with Gasteiger partial charge in [-0.1, -0.05) is 24.3 Å². The van der Waals surface area contributed by atoms with Crippen molar-refractivity contribution in [2.24, 2.45) is 0 Å². The fourth-order valence-corrected chi connectivity index (χ4v) is 2.90. The average Bonchev–Trinajstić information content (AvgIpc) is 2.75. The van der Waals surface area contributed by atoms with Gasteiger partial charge in [0.05, 0.1) is 7.11 Å². The third-order valence-electron chi connectivity index (χ3n) is 3.88. The van der Waals surface area contributed by atoms with Crippen molar-refractivity contribution in [3.8, 4) is 0 Å². The quantitative estimate of drug-likeness (QED) is 0.533. The highest BCUT2D eigenvalue weighted by Gasteiger charge is 2.74. The molecule has 0 bridgehead atoms. The Morgan fingerprint density at radius 1 is 1.44 bits per heavy atom. The first kappa shape index (κ1) is 9.85. The molecular formula is C13H14O3. The molecule has 84 valence electrons. The first-order chi connectivity index (χ1) is 7.64. The van der Waals surface area contributed by atoms with E-state index in [1.54, 1.807) is 0 Å². The molecule has 2 unspecified atom stereocenters. The third kappa shape index (κ3) is 0.944. The van der Waals surface area contributed by atoms with Gasteiger partial charge in [0.15, 0.2) is 5.60 Å². The van der Waals surface area contributed by atoms with Gasteiger partial charge in [-0.15, -0.1) is 0 Å². The smallest absolute Gasteiger partial charge is 0.341 e. The van der Waals surface area contributed by atoms with Crippen molar-refractivity contribution >= 4 is 5.97 Å². The molecule has 1 spiro atoms. The van der Waals surface area contributed by atoms with Crippen LogP contribution in [0.3, 0.4) is 0 Å². The molecule has 1 aromatic carbocycles. The third-order valence-corrected chi connectivity index (χ3v) is 3.88. The molecule has 0 amide bonds.